The predicted molar refractivity (Wildman–Crippen MR) is 109 cm³/mol. The fourth-order valence-electron chi connectivity index (χ4n) is 2.05. The highest BCUT2D eigenvalue weighted by atomic mass is 35.5. The minimum Gasteiger partial charge on any atom is -0.482 e. The van der Waals surface area contributed by atoms with Gasteiger partial charge >= 0.3 is 0 Å². The van der Waals surface area contributed by atoms with Crippen LogP contribution < -0.4 is 14.8 Å². The molecule has 0 radical (unpaired) electrons. The fourth-order valence-corrected chi connectivity index (χ4v) is 3.84. The summed E-state index contributed by atoms with van der Waals surface area (Å²) in [5, 5.41) is 3.35. The number of sulfonamides is 1. The Balaban J connectivity index is 1.98. The van der Waals surface area contributed by atoms with Gasteiger partial charge < -0.3 is 14.8 Å². The molecule has 2 N–H and O–H groups in total. The molecule has 0 spiro atoms. The number of halogens is 3. The second-order valence-corrected chi connectivity index (χ2v) is 8.46. The summed E-state index contributed by atoms with van der Waals surface area (Å²) < 4.78 is 36.8. The zero-order chi connectivity index (χ0) is 20.7. The van der Waals surface area contributed by atoms with Gasteiger partial charge in [0.25, 0.3) is 5.91 Å². The maximum atomic E-state index is 12.1. The van der Waals surface area contributed by atoms with Crippen LogP contribution in [-0.2, 0) is 19.6 Å². The van der Waals surface area contributed by atoms with Gasteiger partial charge in [0.2, 0.25) is 10.0 Å². The van der Waals surface area contributed by atoms with Gasteiger partial charge in [-0.15, -0.1) is 0 Å². The van der Waals surface area contributed by atoms with E-state index < -0.39 is 15.9 Å². The number of nitrogens with one attached hydrogen (secondary N) is 2. The first kappa shape index (κ1) is 22.7. The third-order valence-electron chi connectivity index (χ3n) is 3.38. The molecule has 0 heterocycles. The Morgan fingerprint density at radius 3 is 2.46 bits per heavy atom. The zero-order valence-electron chi connectivity index (χ0n) is 14.7. The smallest absolute Gasteiger partial charge is 0.262 e. The number of anilines is 1. The van der Waals surface area contributed by atoms with Crippen LogP contribution >= 0.6 is 34.8 Å². The molecule has 28 heavy (non-hydrogen) atoms. The normalized spacial score (nSPS) is 11.3. The monoisotopic (exact) mass is 466 g/mol. The minimum absolute atomic E-state index is 0.0293. The molecule has 0 aliphatic heterocycles. The maximum absolute atomic E-state index is 12.1. The summed E-state index contributed by atoms with van der Waals surface area (Å²) in [7, 11) is -2.26. The number of hydrogen-bond donors (Lipinski definition) is 2. The third-order valence-corrected chi connectivity index (χ3v) is 5.68. The van der Waals surface area contributed by atoms with Gasteiger partial charge in [0, 0.05) is 18.7 Å². The van der Waals surface area contributed by atoms with Gasteiger partial charge in [0.05, 0.1) is 27.2 Å². The van der Waals surface area contributed by atoms with E-state index in [-0.39, 0.29) is 40.4 Å². The molecule has 2 aromatic rings. The van der Waals surface area contributed by atoms with Gasteiger partial charge in [0.1, 0.15) is 5.75 Å². The van der Waals surface area contributed by atoms with Crippen molar-refractivity contribution in [1.29, 1.82) is 0 Å². The molecule has 0 atom stereocenters. The number of benzene rings is 2. The molecule has 11 heteroatoms. The Morgan fingerprint density at radius 2 is 1.82 bits per heavy atom. The van der Waals surface area contributed by atoms with Gasteiger partial charge in [-0.05, 0) is 36.4 Å². The van der Waals surface area contributed by atoms with Crippen LogP contribution in [0, 0.1) is 0 Å². The standard InChI is InChI=1S/C17H17Cl3N2O5S/c1-26-7-6-21-28(24,25)12-3-5-16(14(20)9-12)27-10-17(23)22-15-4-2-11(18)8-13(15)19/h2-5,8-9,21H,6-7,10H2,1H3,(H,22,23). The summed E-state index contributed by atoms with van der Waals surface area (Å²) in [6, 6.07) is 8.57. The van der Waals surface area contributed by atoms with Crippen molar-refractivity contribution in [2.45, 2.75) is 4.90 Å². The summed E-state index contributed by atoms with van der Waals surface area (Å²) in [4.78, 5) is 12.0. The average Bonchev–Trinajstić information content (AvgIpc) is 2.63. The van der Waals surface area contributed by atoms with E-state index >= 15 is 0 Å². The van der Waals surface area contributed by atoms with Crippen molar-refractivity contribution in [2.24, 2.45) is 0 Å². The first-order valence-corrected chi connectivity index (χ1v) is 10.5. The zero-order valence-corrected chi connectivity index (χ0v) is 17.8. The topological polar surface area (TPSA) is 93.7 Å². The van der Waals surface area contributed by atoms with E-state index in [1.807, 2.05) is 0 Å². The van der Waals surface area contributed by atoms with Crippen molar-refractivity contribution in [2.75, 3.05) is 32.2 Å². The van der Waals surface area contributed by atoms with Crippen molar-refractivity contribution in [3.05, 3.63) is 51.5 Å². The quantitative estimate of drug-likeness (QED) is 0.550. The lowest BCUT2D eigenvalue weighted by atomic mass is 10.3. The van der Waals surface area contributed by atoms with E-state index in [2.05, 4.69) is 10.0 Å². The Kier molecular flexibility index (Phi) is 8.36. The SMILES string of the molecule is COCCNS(=O)(=O)c1ccc(OCC(=O)Nc2ccc(Cl)cc2Cl)c(Cl)c1. The highest BCUT2D eigenvalue weighted by molar-refractivity contribution is 7.89. The highest BCUT2D eigenvalue weighted by Crippen LogP contribution is 2.28. The first-order chi connectivity index (χ1) is 13.2. The van der Waals surface area contributed by atoms with E-state index in [0.29, 0.717) is 10.7 Å². The van der Waals surface area contributed by atoms with E-state index in [1.165, 1.54) is 31.4 Å². The number of hydrogen-bond acceptors (Lipinski definition) is 5. The van der Waals surface area contributed by atoms with Crippen LogP contribution in [0.4, 0.5) is 5.69 Å². The molecule has 0 fully saturated rings. The van der Waals surface area contributed by atoms with Crippen LogP contribution in [0.25, 0.3) is 0 Å². The molecule has 0 aliphatic rings. The number of carbonyl (C=O) groups excluding carboxylic acids is 1. The molecule has 1 amide bonds. The number of ether oxygens (including phenoxy) is 2. The predicted octanol–water partition coefficient (Wildman–Crippen LogP) is 3.59. The average molecular weight is 468 g/mol. The molecular weight excluding hydrogens is 451 g/mol. The van der Waals surface area contributed by atoms with Crippen molar-refractivity contribution in [3.8, 4) is 5.75 Å². The molecule has 0 unspecified atom stereocenters. The largest absolute Gasteiger partial charge is 0.482 e. The fraction of sp³-hybridized carbons (Fsp3) is 0.235. The van der Waals surface area contributed by atoms with Gasteiger partial charge in [-0.25, -0.2) is 13.1 Å². The van der Waals surface area contributed by atoms with E-state index in [1.54, 1.807) is 12.1 Å². The molecule has 0 bridgehead atoms. The van der Waals surface area contributed by atoms with E-state index in [4.69, 9.17) is 44.3 Å². The Hall–Kier alpha value is -1.55. The Bertz CT molecular complexity index is 954. The highest BCUT2D eigenvalue weighted by Gasteiger charge is 2.16. The summed E-state index contributed by atoms with van der Waals surface area (Å²) in [6.07, 6.45) is 0. The van der Waals surface area contributed by atoms with E-state index in [0.717, 1.165) is 0 Å². The van der Waals surface area contributed by atoms with Crippen molar-refractivity contribution in [3.63, 3.8) is 0 Å². The second-order valence-electron chi connectivity index (χ2n) is 5.44. The van der Waals surface area contributed by atoms with Gasteiger partial charge in [0.15, 0.2) is 6.61 Å². The molecule has 7 nitrogen and oxygen atoms in total. The second kappa shape index (κ2) is 10.3. The Morgan fingerprint density at radius 1 is 1.07 bits per heavy atom. The van der Waals surface area contributed by atoms with Gasteiger partial charge in [-0.2, -0.15) is 0 Å². The van der Waals surface area contributed by atoms with Gasteiger partial charge in [-0.3, -0.25) is 4.79 Å². The molecule has 2 rings (SSSR count). The van der Waals surface area contributed by atoms with Crippen LogP contribution in [0.15, 0.2) is 41.3 Å². The first-order valence-electron chi connectivity index (χ1n) is 7.89. The summed E-state index contributed by atoms with van der Waals surface area (Å²) >= 11 is 17.9. The van der Waals surface area contributed by atoms with Gasteiger partial charge in [-0.1, -0.05) is 34.8 Å². The molecule has 0 aromatic heterocycles. The van der Waals surface area contributed by atoms with Crippen LogP contribution in [0.3, 0.4) is 0 Å². The summed E-state index contributed by atoms with van der Waals surface area (Å²) in [5.41, 5.74) is 0.384. The van der Waals surface area contributed by atoms with E-state index in [9.17, 15) is 13.2 Å². The van der Waals surface area contributed by atoms with Crippen molar-refractivity contribution < 1.29 is 22.7 Å². The van der Waals surface area contributed by atoms with Crippen LogP contribution in [0.1, 0.15) is 0 Å². The number of amides is 1. The van der Waals surface area contributed by atoms with Crippen LogP contribution in [-0.4, -0.2) is 41.2 Å². The summed E-state index contributed by atoms with van der Waals surface area (Å²) in [5.74, 6) is -0.312. The third kappa shape index (κ3) is 6.51. The molecule has 0 saturated carbocycles. The molecule has 152 valence electrons. The Labute approximate surface area is 177 Å². The number of methoxy groups -OCH3 is 1. The summed E-state index contributed by atoms with van der Waals surface area (Å²) in [6.45, 7) is 0.0138. The number of rotatable bonds is 9. The lowest BCUT2D eigenvalue weighted by Gasteiger charge is -2.11. The molecular formula is C17H17Cl3N2O5S. The lowest BCUT2D eigenvalue weighted by Crippen LogP contribution is -2.27. The van der Waals surface area contributed by atoms with Crippen molar-refractivity contribution in [1.82, 2.24) is 4.72 Å². The number of carbonyl (C=O) groups is 1. The van der Waals surface area contributed by atoms with Crippen LogP contribution in [0.5, 0.6) is 5.75 Å². The van der Waals surface area contributed by atoms with Crippen LogP contribution in [0.2, 0.25) is 15.1 Å². The maximum Gasteiger partial charge on any atom is 0.262 e. The molecule has 0 aliphatic carbocycles. The molecule has 0 saturated heterocycles. The molecule has 2 aromatic carbocycles. The lowest BCUT2D eigenvalue weighted by molar-refractivity contribution is -0.118. The van der Waals surface area contributed by atoms with Crippen molar-refractivity contribution >= 4 is 56.4 Å². The minimum atomic E-state index is -3.73.